The van der Waals surface area contributed by atoms with Crippen LogP contribution in [0.5, 0.6) is 5.75 Å². The Balaban J connectivity index is 1.78. The summed E-state index contributed by atoms with van der Waals surface area (Å²) in [6.07, 6.45) is 1.45. The minimum Gasteiger partial charge on any atom is -0.489 e. The maximum Gasteiger partial charge on any atom is 0.248 e. The largest absolute Gasteiger partial charge is 0.489 e. The van der Waals surface area contributed by atoms with Crippen molar-refractivity contribution in [3.8, 4) is 5.75 Å². The van der Waals surface area contributed by atoms with E-state index in [2.05, 4.69) is 5.16 Å². The molecule has 1 aromatic carbocycles. The van der Waals surface area contributed by atoms with Crippen molar-refractivity contribution >= 4 is 10.0 Å². The van der Waals surface area contributed by atoms with Crippen molar-refractivity contribution in [2.24, 2.45) is 0 Å². The molecule has 1 aromatic heterocycles. The van der Waals surface area contributed by atoms with E-state index in [1.807, 2.05) is 30.3 Å². The smallest absolute Gasteiger partial charge is 0.248 e. The molecule has 0 N–H and O–H groups in total. The highest BCUT2D eigenvalue weighted by atomic mass is 32.2. The zero-order valence-electron chi connectivity index (χ0n) is 13.2. The highest BCUT2D eigenvalue weighted by molar-refractivity contribution is 7.89. The zero-order chi connectivity index (χ0) is 16.4. The summed E-state index contributed by atoms with van der Waals surface area (Å²) in [5, 5.41) is 3.75. The van der Waals surface area contributed by atoms with E-state index in [1.54, 1.807) is 13.8 Å². The summed E-state index contributed by atoms with van der Waals surface area (Å²) in [6, 6.07) is 9.47. The number of rotatable bonds is 4. The van der Waals surface area contributed by atoms with Crippen LogP contribution < -0.4 is 4.74 Å². The van der Waals surface area contributed by atoms with Crippen LogP contribution in [0.1, 0.15) is 24.3 Å². The molecule has 6 nitrogen and oxygen atoms in total. The first-order valence-electron chi connectivity index (χ1n) is 7.63. The first-order chi connectivity index (χ1) is 11.0. The van der Waals surface area contributed by atoms with E-state index in [0.29, 0.717) is 24.5 Å². The van der Waals surface area contributed by atoms with Crippen LogP contribution in [0.4, 0.5) is 0 Å². The van der Waals surface area contributed by atoms with Gasteiger partial charge in [0.25, 0.3) is 0 Å². The van der Waals surface area contributed by atoms with Crippen molar-refractivity contribution < 1.29 is 17.7 Å². The fourth-order valence-corrected chi connectivity index (χ4v) is 4.68. The van der Waals surface area contributed by atoms with E-state index in [1.165, 1.54) is 4.31 Å². The molecule has 0 aliphatic carbocycles. The van der Waals surface area contributed by atoms with Gasteiger partial charge in [-0.2, -0.15) is 4.31 Å². The fraction of sp³-hybridized carbons (Fsp3) is 0.438. The quantitative estimate of drug-likeness (QED) is 0.858. The molecule has 3 rings (SSSR count). The zero-order valence-corrected chi connectivity index (χ0v) is 14.0. The van der Waals surface area contributed by atoms with Crippen molar-refractivity contribution in [3.05, 3.63) is 41.8 Å². The molecular weight excluding hydrogens is 316 g/mol. The Morgan fingerprint density at radius 2 is 2.00 bits per heavy atom. The fourth-order valence-electron chi connectivity index (χ4n) is 2.88. The van der Waals surface area contributed by atoms with Crippen molar-refractivity contribution in [1.82, 2.24) is 9.46 Å². The summed E-state index contributed by atoms with van der Waals surface area (Å²) >= 11 is 0. The van der Waals surface area contributed by atoms with Gasteiger partial charge in [-0.15, -0.1) is 0 Å². The lowest BCUT2D eigenvalue weighted by atomic mass is 10.1. The molecule has 0 bridgehead atoms. The van der Waals surface area contributed by atoms with Gasteiger partial charge in [-0.05, 0) is 38.8 Å². The van der Waals surface area contributed by atoms with Crippen LogP contribution in [-0.4, -0.2) is 37.1 Å². The summed E-state index contributed by atoms with van der Waals surface area (Å²) in [5.74, 6) is 1.09. The molecule has 1 fully saturated rings. The highest BCUT2D eigenvalue weighted by Gasteiger charge is 2.35. The first-order valence-corrected chi connectivity index (χ1v) is 9.07. The predicted octanol–water partition coefficient (Wildman–Crippen LogP) is 2.52. The van der Waals surface area contributed by atoms with Gasteiger partial charge in [0.1, 0.15) is 22.4 Å². The standard InChI is InChI=1S/C16H20N2O4S/c1-12-16(13(2)22-17-12)23(19,20)18-10-6-9-15(11-18)21-14-7-4-3-5-8-14/h3-5,7-8,15H,6,9-11H2,1-2H3. The second kappa shape index (κ2) is 6.33. The van der Waals surface area contributed by atoms with Crippen LogP contribution in [-0.2, 0) is 10.0 Å². The number of hydrogen-bond donors (Lipinski definition) is 0. The molecular formula is C16H20N2O4S. The Morgan fingerprint density at radius 1 is 1.26 bits per heavy atom. The Kier molecular flexibility index (Phi) is 4.41. The van der Waals surface area contributed by atoms with E-state index in [-0.39, 0.29) is 11.0 Å². The molecule has 1 aliphatic heterocycles. The van der Waals surface area contributed by atoms with Crippen molar-refractivity contribution in [3.63, 3.8) is 0 Å². The summed E-state index contributed by atoms with van der Waals surface area (Å²) in [7, 11) is -3.61. The van der Waals surface area contributed by atoms with Crippen LogP contribution in [0.2, 0.25) is 0 Å². The average Bonchev–Trinajstić information content (AvgIpc) is 2.88. The maximum absolute atomic E-state index is 12.9. The number of para-hydroxylation sites is 1. The normalized spacial score (nSPS) is 19.7. The Labute approximate surface area is 136 Å². The van der Waals surface area contributed by atoms with Crippen LogP contribution in [0.25, 0.3) is 0 Å². The molecule has 1 unspecified atom stereocenters. The molecule has 23 heavy (non-hydrogen) atoms. The molecule has 2 heterocycles. The minimum atomic E-state index is -3.61. The SMILES string of the molecule is Cc1noc(C)c1S(=O)(=O)N1CCCC(Oc2ccccc2)C1. The summed E-state index contributed by atoms with van der Waals surface area (Å²) < 4.78 is 38.1. The van der Waals surface area contributed by atoms with Gasteiger partial charge in [0.05, 0.1) is 6.54 Å². The van der Waals surface area contributed by atoms with E-state index < -0.39 is 10.0 Å². The van der Waals surface area contributed by atoms with Crippen molar-refractivity contribution in [1.29, 1.82) is 0 Å². The van der Waals surface area contributed by atoms with Crippen LogP contribution in [0.15, 0.2) is 39.8 Å². The van der Waals surface area contributed by atoms with Gasteiger partial charge in [-0.25, -0.2) is 8.42 Å². The summed E-state index contributed by atoms with van der Waals surface area (Å²) in [5.41, 5.74) is 0.397. The number of hydrogen-bond acceptors (Lipinski definition) is 5. The summed E-state index contributed by atoms with van der Waals surface area (Å²) in [4.78, 5) is 0.179. The third-order valence-corrected chi connectivity index (χ3v) is 6.06. The molecule has 0 radical (unpaired) electrons. The molecule has 2 aromatic rings. The van der Waals surface area contributed by atoms with Gasteiger partial charge >= 0.3 is 0 Å². The van der Waals surface area contributed by atoms with E-state index in [0.717, 1.165) is 18.6 Å². The highest BCUT2D eigenvalue weighted by Crippen LogP contribution is 2.27. The first kappa shape index (κ1) is 16.0. The third-order valence-electron chi connectivity index (χ3n) is 3.95. The second-order valence-corrected chi connectivity index (χ2v) is 7.59. The van der Waals surface area contributed by atoms with Gasteiger partial charge in [0, 0.05) is 6.54 Å². The van der Waals surface area contributed by atoms with Gasteiger partial charge in [0.15, 0.2) is 5.76 Å². The molecule has 0 amide bonds. The number of aromatic nitrogens is 1. The number of nitrogens with zero attached hydrogens (tertiary/aromatic N) is 2. The van der Waals surface area contributed by atoms with Gasteiger partial charge in [0.2, 0.25) is 10.0 Å². The van der Waals surface area contributed by atoms with Gasteiger partial charge < -0.3 is 9.26 Å². The molecule has 0 spiro atoms. The lowest BCUT2D eigenvalue weighted by Crippen LogP contribution is -2.44. The summed E-state index contributed by atoms with van der Waals surface area (Å²) in [6.45, 7) is 4.09. The Morgan fingerprint density at radius 3 is 2.65 bits per heavy atom. The predicted molar refractivity (Wildman–Crippen MR) is 84.8 cm³/mol. The van der Waals surface area contributed by atoms with Crippen LogP contribution >= 0.6 is 0 Å². The van der Waals surface area contributed by atoms with E-state index in [9.17, 15) is 8.42 Å². The Bertz CT molecular complexity index is 751. The third kappa shape index (κ3) is 3.25. The molecule has 1 atom stereocenters. The molecule has 0 saturated carbocycles. The molecule has 7 heteroatoms. The molecule has 124 valence electrons. The topological polar surface area (TPSA) is 72.6 Å². The number of aryl methyl sites for hydroxylation is 2. The number of sulfonamides is 1. The van der Waals surface area contributed by atoms with Crippen LogP contribution in [0, 0.1) is 13.8 Å². The molecule has 1 aliphatic rings. The number of piperidine rings is 1. The van der Waals surface area contributed by atoms with Crippen molar-refractivity contribution in [2.45, 2.75) is 37.7 Å². The molecule has 1 saturated heterocycles. The monoisotopic (exact) mass is 336 g/mol. The maximum atomic E-state index is 12.9. The second-order valence-electron chi connectivity index (χ2n) is 5.71. The van der Waals surface area contributed by atoms with Gasteiger partial charge in [-0.1, -0.05) is 23.4 Å². The van der Waals surface area contributed by atoms with Crippen molar-refractivity contribution in [2.75, 3.05) is 13.1 Å². The van der Waals surface area contributed by atoms with E-state index in [4.69, 9.17) is 9.26 Å². The lowest BCUT2D eigenvalue weighted by molar-refractivity contribution is 0.129. The average molecular weight is 336 g/mol. The Hall–Kier alpha value is -1.86. The number of benzene rings is 1. The minimum absolute atomic E-state index is 0.151. The van der Waals surface area contributed by atoms with Crippen LogP contribution in [0.3, 0.4) is 0 Å². The lowest BCUT2D eigenvalue weighted by Gasteiger charge is -2.32. The van der Waals surface area contributed by atoms with E-state index >= 15 is 0 Å². The van der Waals surface area contributed by atoms with Gasteiger partial charge in [-0.3, -0.25) is 0 Å². The number of ether oxygens (including phenoxy) is 1.